The molecule has 1 aliphatic heterocycles. The zero-order valence-electron chi connectivity index (χ0n) is 29.5. The largest absolute Gasteiger partial charge is 0.456 e. The number of hydrogen-bond acceptors (Lipinski definition) is 3. The molecule has 256 valence electrons. The first kappa shape index (κ1) is 30.0. The summed E-state index contributed by atoms with van der Waals surface area (Å²) in [4.78, 5) is 10.3. The SMILES string of the molecule is c1ccc(-n2c3ccccc3c3cc(-c4ccc5c(c4)c4ccccc4n5-c4cccc(-c5nc6c7c(cccc7n5)Oc5ccccc5-6)c4)ccc32)cc1. The number of rotatable bonds is 4. The fourth-order valence-electron chi connectivity index (χ4n) is 8.65. The standard InChI is InChI=1S/C50H30N4O/c1-2-13-34(14-3-1)53-42-20-7-4-16-36(42)39-29-31(24-26-44(39)53)32-25-27-45-40(30-32)37-17-5-8-21-43(37)54(45)35-15-10-12-33(28-35)50-51-41-19-11-23-47-48(41)49(52-50)38-18-6-9-22-46(38)55-47/h1-30H. The number of fused-ring (bicyclic) bond motifs is 8. The Balaban J connectivity index is 1.00. The van der Waals surface area contributed by atoms with E-state index in [0.717, 1.165) is 61.6 Å². The van der Waals surface area contributed by atoms with E-state index in [1.165, 1.54) is 43.7 Å². The molecule has 0 spiro atoms. The molecule has 3 aromatic heterocycles. The van der Waals surface area contributed by atoms with E-state index < -0.39 is 0 Å². The van der Waals surface area contributed by atoms with Gasteiger partial charge in [-0.25, -0.2) is 9.97 Å². The van der Waals surface area contributed by atoms with Gasteiger partial charge in [-0.1, -0.05) is 97.1 Å². The molecule has 0 saturated heterocycles. The average Bonchev–Trinajstić information content (AvgIpc) is 3.76. The molecule has 0 atom stereocenters. The van der Waals surface area contributed by atoms with Crippen molar-refractivity contribution in [3.8, 4) is 56.6 Å². The van der Waals surface area contributed by atoms with Gasteiger partial charge in [-0.3, -0.25) is 0 Å². The van der Waals surface area contributed by atoms with Gasteiger partial charge in [-0.2, -0.15) is 0 Å². The van der Waals surface area contributed by atoms with Gasteiger partial charge >= 0.3 is 0 Å². The first-order chi connectivity index (χ1) is 27.3. The lowest BCUT2D eigenvalue weighted by atomic mass is 10.0. The van der Waals surface area contributed by atoms with Crippen LogP contribution in [0.4, 0.5) is 0 Å². The van der Waals surface area contributed by atoms with Gasteiger partial charge in [-0.05, 0) is 96.1 Å². The van der Waals surface area contributed by atoms with Crippen LogP contribution in [0.15, 0.2) is 182 Å². The maximum Gasteiger partial charge on any atom is 0.160 e. The normalized spacial score (nSPS) is 12.1. The van der Waals surface area contributed by atoms with Crippen LogP contribution in [0.3, 0.4) is 0 Å². The second-order valence-corrected chi connectivity index (χ2v) is 14.2. The summed E-state index contributed by atoms with van der Waals surface area (Å²) in [6.07, 6.45) is 0. The van der Waals surface area contributed by atoms with Crippen LogP contribution < -0.4 is 4.74 Å². The first-order valence-electron chi connectivity index (χ1n) is 18.6. The maximum atomic E-state index is 6.25. The van der Waals surface area contributed by atoms with Crippen molar-refractivity contribution in [1.82, 2.24) is 19.1 Å². The molecule has 11 aromatic rings. The lowest BCUT2D eigenvalue weighted by Gasteiger charge is -2.20. The lowest BCUT2D eigenvalue weighted by Crippen LogP contribution is -2.02. The molecule has 0 unspecified atom stereocenters. The summed E-state index contributed by atoms with van der Waals surface area (Å²) in [5.74, 6) is 2.28. The number of ether oxygens (including phenoxy) is 1. The molecule has 0 bridgehead atoms. The van der Waals surface area contributed by atoms with Crippen molar-refractivity contribution in [2.24, 2.45) is 0 Å². The van der Waals surface area contributed by atoms with E-state index in [4.69, 9.17) is 14.7 Å². The highest BCUT2D eigenvalue weighted by Gasteiger charge is 2.23. The molecular formula is C50H30N4O. The van der Waals surface area contributed by atoms with Gasteiger partial charge in [0.15, 0.2) is 5.82 Å². The molecule has 5 heteroatoms. The van der Waals surface area contributed by atoms with Crippen molar-refractivity contribution >= 4 is 54.5 Å². The summed E-state index contributed by atoms with van der Waals surface area (Å²) in [5.41, 5.74) is 13.0. The second kappa shape index (κ2) is 11.5. The molecule has 55 heavy (non-hydrogen) atoms. The Labute approximate surface area is 316 Å². The molecule has 0 fully saturated rings. The summed E-state index contributed by atoms with van der Waals surface area (Å²) in [6, 6.07) is 64.5. The zero-order chi connectivity index (χ0) is 36.0. The van der Waals surface area contributed by atoms with Crippen LogP contribution in [-0.4, -0.2) is 19.1 Å². The molecule has 0 aliphatic carbocycles. The van der Waals surface area contributed by atoms with E-state index in [1.54, 1.807) is 0 Å². The Hall–Kier alpha value is -7.50. The van der Waals surface area contributed by atoms with Gasteiger partial charge < -0.3 is 13.9 Å². The van der Waals surface area contributed by atoms with Crippen molar-refractivity contribution in [2.45, 2.75) is 0 Å². The van der Waals surface area contributed by atoms with Gasteiger partial charge in [0, 0.05) is 44.0 Å². The van der Waals surface area contributed by atoms with Gasteiger partial charge in [0.25, 0.3) is 0 Å². The van der Waals surface area contributed by atoms with Crippen LogP contribution in [-0.2, 0) is 0 Å². The highest BCUT2D eigenvalue weighted by atomic mass is 16.5. The average molecular weight is 703 g/mol. The molecule has 5 nitrogen and oxygen atoms in total. The number of nitrogens with zero attached hydrogens (tertiary/aromatic N) is 4. The topological polar surface area (TPSA) is 44.9 Å². The maximum absolute atomic E-state index is 6.25. The Morgan fingerprint density at radius 2 is 0.964 bits per heavy atom. The first-order valence-corrected chi connectivity index (χ1v) is 18.6. The lowest BCUT2D eigenvalue weighted by molar-refractivity contribution is 0.486. The smallest absolute Gasteiger partial charge is 0.160 e. The molecule has 0 amide bonds. The van der Waals surface area contributed by atoms with E-state index in [0.29, 0.717) is 5.82 Å². The molecule has 0 saturated carbocycles. The van der Waals surface area contributed by atoms with Crippen LogP contribution in [0.2, 0.25) is 0 Å². The van der Waals surface area contributed by atoms with Crippen LogP contribution in [0, 0.1) is 0 Å². The van der Waals surface area contributed by atoms with Gasteiger partial charge in [0.2, 0.25) is 0 Å². The van der Waals surface area contributed by atoms with Crippen molar-refractivity contribution in [1.29, 1.82) is 0 Å². The Morgan fingerprint density at radius 1 is 0.382 bits per heavy atom. The third-order valence-electron chi connectivity index (χ3n) is 11.1. The molecule has 0 N–H and O–H groups in total. The zero-order valence-corrected chi connectivity index (χ0v) is 29.5. The van der Waals surface area contributed by atoms with Gasteiger partial charge in [0.1, 0.15) is 11.5 Å². The minimum atomic E-state index is 0.685. The monoisotopic (exact) mass is 702 g/mol. The number of para-hydroxylation sites is 4. The highest BCUT2D eigenvalue weighted by Crippen LogP contribution is 2.46. The number of benzene rings is 8. The predicted molar refractivity (Wildman–Crippen MR) is 225 cm³/mol. The highest BCUT2D eigenvalue weighted by molar-refractivity contribution is 6.13. The van der Waals surface area contributed by atoms with Crippen LogP contribution in [0.5, 0.6) is 11.5 Å². The predicted octanol–water partition coefficient (Wildman–Crippen LogP) is 12.9. The van der Waals surface area contributed by atoms with E-state index in [9.17, 15) is 0 Å². The minimum Gasteiger partial charge on any atom is -0.456 e. The number of hydrogen-bond donors (Lipinski definition) is 0. The van der Waals surface area contributed by atoms with Crippen LogP contribution >= 0.6 is 0 Å². The van der Waals surface area contributed by atoms with Crippen LogP contribution in [0.1, 0.15) is 0 Å². The van der Waals surface area contributed by atoms with Gasteiger partial charge in [0.05, 0.1) is 38.7 Å². The van der Waals surface area contributed by atoms with Gasteiger partial charge in [-0.15, -0.1) is 0 Å². The minimum absolute atomic E-state index is 0.685. The van der Waals surface area contributed by atoms with E-state index >= 15 is 0 Å². The summed E-state index contributed by atoms with van der Waals surface area (Å²) < 4.78 is 11.0. The van der Waals surface area contributed by atoms with Crippen molar-refractivity contribution in [3.05, 3.63) is 182 Å². The fourth-order valence-corrected chi connectivity index (χ4v) is 8.65. The summed E-state index contributed by atoms with van der Waals surface area (Å²) in [6.45, 7) is 0. The van der Waals surface area contributed by atoms with Crippen LogP contribution in [0.25, 0.3) is 99.7 Å². The number of aromatic nitrogens is 4. The summed E-state index contributed by atoms with van der Waals surface area (Å²) in [5, 5.41) is 5.86. The third kappa shape index (κ3) is 4.47. The summed E-state index contributed by atoms with van der Waals surface area (Å²) >= 11 is 0. The molecule has 4 heterocycles. The molecule has 0 radical (unpaired) electrons. The summed E-state index contributed by atoms with van der Waals surface area (Å²) in [7, 11) is 0. The van der Waals surface area contributed by atoms with E-state index in [1.807, 2.05) is 36.4 Å². The molecular weight excluding hydrogens is 673 g/mol. The second-order valence-electron chi connectivity index (χ2n) is 14.2. The quantitative estimate of drug-likeness (QED) is 0.183. The Kier molecular flexibility index (Phi) is 6.27. The molecule has 1 aliphatic rings. The molecule has 8 aromatic carbocycles. The fraction of sp³-hybridized carbons (Fsp3) is 0. The Morgan fingerprint density at radius 3 is 1.71 bits per heavy atom. The third-order valence-corrected chi connectivity index (χ3v) is 11.1. The van der Waals surface area contributed by atoms with E-state index in [2.05, 4.69) is 155 Å². The van der Waals surface area contributed by atoms with Crippen molar-refractivity contribution in [2.75, 3.05) is 0 Å². The van der Waals surface area contributed by atoms with E-state index in [-0.39, 0.29) is 0 Å². The molecule has 12 rings (SSSR count). The Bertz CT molecular complexity index is 3360. The van der Waals surface area contributed by atoms with Crippen molar-refractivity contribution < 1.29 is 4.74 Å². The van der Waals surface area contributed by atoms with Crippen molar-refractivity contribution in [3.63, 3.8) is 0 Å².